The molecule has 0 fully saturated rings. The van der Waals surface area contributed by atoms with Gasteiger partial charge in [-0.3, -0.25) is 5.10 Å². The van der Waals surface area contributed by atoms with E-state index in [1.54, 1.807) is 13.3 Å². The van der Waals surface area contributed by atoms with Crippen LogP contribution in [0.25, 0.3) is 22.3 Å². The Labute approximate surface area is 121 Å². The number of H-pyrrole nitrogens is 1. The molecule has 0 spiro atoms. The van der Waals surface area contributed by atoms with Gasteiger partial charge in [0.1, 0.15) is 12.4 Å². The maximum atomic E-state index is 5.76. The lowest BCUT2D eigenvalue weighted by molar-refractivity contribution is 0.146. The molecule has 0 saturated carbocycles. The van der Waals surface area contributed by atoms with Crippen molar-refractivity contribution in [1.82, 2.24) is 20.2 Å². The number of fused-ring (bicyclic) bond motifs is 1. The van der Waals surface area contributed by atoms with E-state index >= 15 is 0 Å². The molecule has 0 amide bonds. The van der Waals surface area contributed by atoms with Gasteiger partial charge in [0.15, 0.2) is 5.65 Å². The van der Waals surface area contributed by atoms with E-state index in [2.05, 4.69) is 20.2 Å². The molecular weight excluding hydrogens is 270 g/mol. The first kappa shape index (κ1) is 13.3. The molecule has 21 heavy (non-hydrogen) atoms. The van der Waals surface area contributed by atoms with E-state index in [4.69, 9.17) is 15.2 Å². The minimum atomic E-state index is 0.188. The summed E-state index contributed by atoms with van der Waals surface area (Å²) in [6, 6.07) is 7.64. The molecule has 1 aromatic carbocycles. The zero-order valence-corrected chi connectivity index (χ0v) is 11.5. The molecular formula is C14H15N5O2. The van der Waals surface area contributed by atoms with Crippen molar-refractivity contribution in [3.63, 3.8) is 0 Å². The lowest BCUT2D eigenvalue weighted by atomic mass is 10.1. The van der Waals surface area contributed by atoms with Crippen LogP contribution in [-0.2, 0) is 4.74 Å². The summed E-state index contributed by atoms with van der Waals surface area (Å²) >= 11 is 0. The van der Waals surface area contributed by atoms with Crippen LogP contribution >= 0.6 is 0 Å². The highest BCUT2D eigenvalue weighted by atomic mass is 16.5. The lowest BCUT2D eigenvalue weighted by Crippen LogP contribution is -2.05. The minimum Gasteiger partial charge on any atom is -0.490 e. The molecule has 0 radical (unpaired) electrons. The van der Waals surface area contributed by atoms with Crippen molar-refractivity contribution in [2.24, 2.45) is 0 Å². The maximum Gasteiger partial charge on any atom is 0.222 e. The Morgan fingerprint density at radius 3 is 2.90 bits per heavy atom. The average molecular weight is 285 g/mol. The summed E-state index contributed by atoms with van der Waals surface area (Å²) in [4.78, 5) is 8.44. The third-order valence-electron chi connectivity index (χ3n) is 3.01. The van der Waals surface area contributed by atoms with Crippen LogP contribution in [0, 0.1) is 0 Å². The average Bonchev–Trinajstić information content (AvgIpc) is 2.95. The molecule has 0 atom stereocenters. The fourth-order valence-electron chi connectivity index (χ4n) is 2.08. The van der Waals surface area contributed by atoms with Gasteiger partial charge in [-0.05, 0) is 12.1 Å². The Bertz CT molecular complexity index is 756. The zero-order chi connectivity index (χ0) is 14.7. The number of nitrogens with one attached hydrogen (secondary N) is 1. The van der Waals surface area contributed by atoms with Gasteiger partial charge >= 0.3 is 0 Å². The Kier molecular flexibility index (Phi) is 3.65. The first-order chi connectivity index (χ1) is 10.3. The number of aromatic amines is 1. The SMILES string of the molecule is COCCOc1ccccc1-c1nc(N)nc2[nH]ncc12. The van der Waals surface area contributed by atoms with E-state index in [9.17, 15) is 0 Å². The van der Waals surface area contributed by atoms with Gasteiger partial charge in [0.2, 0.25) is 5.95 Å². The number of benzene rings is 1. The number of nitrogens with two attached hydrogens (primary N) is 1. The second kappa shape index (κ2) is 5.76. The molecule has 0 aliphatic rings. The fraction of sp³-hybridized carbons (Fsp3) is 0.214. The lowest BCUT2D eigenvalue weighted by Gasteiger charge is -2.11. The van der Waals surface area contributed by atoms with Gasteiger partial charge in [0.05, 0.1) is 23.9 Å². The molecule has 2 heterocycles. The Morgan fingerprint density at radius 1 is 1.19 bits per heavy atom. The number of anilines is 1. The van der Waals surface area contributed by atoms with Crippen molar-refractivity contribution < 1.29 is 9.47 Å². The predicted molar refractivity (Wildman–Crippen MR) is 78.9 cm³/mol. The molecule has 7 heteroatoms. The Morgan fingerprint density at radius 2 is 2.05 bits per heavy atom. The van der Waals surface area contributed by atoms with Crippen LogP contribution in [0.4, 0.5) is 5.95 Å². The van der Waals surface area contributed by atoms with Gasteiger partial charge < -0.3 is 15.2 Å². The predicted octanol–water partition coefficient (Wildman–Crippen LogP) is 1.63. The quantitative estimate of drug-likeness (QED) is 0.691. The molecule has 0 bridgehead atoms. The van der Waals surface area contributed by atoms with Gasteiger partial charge in [-0.25, -0.2) is 4.98 Å². The second-order valence-electron chi connectivity index (χ2n) is 4.40. The minimum absolute atomic E-state index is 0.188. The highest BCUT2D eigenvalue weighted by Gasteiger charge is 2.14. The highest BCUT2D eigenvalue weighted by molar-refractivity contribution is 5.92. The summed E-state index contributed by atoms with van der Waals surface area (Å²) in [5.41, 5.74) is 7.90. The number of hydrogen-bond donors (Lipinski definition) is 2. The topological polar surface area (TPSA) is 98.9 Å². The smallest absolute Gasteiger partial charge is 0.222 e. The number of nitrogen functional groups attached to an aromatic ring is 1. The molecule has 0 saturated heterocycles. The van der Waals surface area contributed by atoms with Crippen molar-refractivity contribution in [2.45, 2.75) is 0 Å². The second-order valence-corrected chi connectivity index (χ2v) is 4.40. The Hall–Kier alpha value is -2.67. The van der Waals surface area contributed by atoms with Crippen molar-refractivity contribution >= 4 is 17.0 Å². The molecule has 3 aromatic rings. The number of hydrogen-bond acceptors (Lipinski definition) is 6. The van der Waals surface area contributed by atoms with Crippen LogP contribution in [-0.4, -0.2) is 40.5 Å². The first-order valence-corrected chi connectivity index (χ1v) is 6.47. The van der Waals surface area contributed by atoms with E-state index in [0.29, 0.717) is 24.6 Å². The number of methoxy groups -OCH3 is 1. The van der Waals surface area contributed by atoms with E-state index in [0.717, 1.165) is 16.7 Å². The summed E-state index contributed by atoms with van der Waals surface area (Å²) in [6.07, 6.45) is 1.68. The molecule has 0 aliphatic carbocycles. The van der Waals surface area contributed by atoms with Crippen LogP contribution in [0.15, 0.2) is 30.5 Å². The summed E-state index contributed by atoms with van der Waals surface area (Å²) in [7, 11) is 1.63. The molecule has 7 nitrogen and oxygen atoms in total. The normalized spacial score (nSPS) is 10.9. The Balaban J connectivity index is 2.08. The van der Waals surface area contributed by atoms with Crippen LogP contribution in [0.3, 0.4) is 0 Å². The van der Waals surface area contributed by atoms with Gasteiger partial charge in [0, 0.05) is 12.7 Å². The van der Waals surface area contributed by atoms with Gasteiger partial charge in [0.25, 0.3) is 0 Å². The fourth-order valence-corrected chi connectivity index (χ4v) is 2.08. The largest absolute Gasteiger partial charge is 0.490 e. The first-order valence-electron chi connectivity index (χ1n) is 6.47. The van der Waals surface area contributed by atoms with Crippen LogP contribution < -0.4 is 10.5 Å². The zero-order valence-electron chi connectivity index (χ0n) is 11.5. The molecule has 0 aliphatic heterocycles. The van der Waals surface area contributed by atoms with E-state index in [-0.39, 0.29) is 5.95 Å². The molecule has 3 N–H and O–H groups in total. The van der Waals surface area contributed by atoms with Crippen molar-refractivity contribution in [1.29, 1.82) is 0 Å². The van der Waals surface area contributed by atoms with Gasteiger partial charge in [-0.15, -0.1) is 0 Å². The number of ether oxygens (including phenoxy) is 2. The standard InChI is InChI=1S/C14H15N5O2/c1-20-6-7-21-11-5-3-2-4-9(11)12-10-8-16-19-13(10)18-14(15)17-12/h2-5,8H,6-7H2,1H3,(H3,15,16,17,18,19). The van der Waals surface area contributed by atoms with Crippen molar-refractivity contribution in [3.05, 3.63) is 30.5 Å². The molecule has 0 unspecified atom stereocenters. The number of para-hydroxylation sites is 1. The number of aromatic nitrogens is 4. The van der Waals surface area contributed by atoms with E-state index in [1.165, 1.54) is 0 Å². The number of nitrogens with zero attached hydrogens (tertiary/aromatic N) is 3. The third-order valence-corrected chi connectivity index (χ3v) is 3.01. The summed E-state index contributed by atoms with van der Waals surface area (Å²) < 4.78 is 10.7. The highest BCUT2D eigenvalue weighted by Crippen LogP contribution is 2.32. The summed E-state index contributed by atoms with van der Waals surface area (Å²) in [5.74, 6) is 0.906. The third kappa shape index (κ3) is 2.63. The van der Waals surface area contributed by atoms with E-state index in [1.807, 2.05) is 24.3 Å². The summed E-state index contributed by atoms with van der Waals surface area (Å²) in [5, 5.41) is 7.59. The van der Waals surface area contributed by atoms with Gasteiger partial charge in [-0.1, -0.05) is 12.1 Å². The van der Waals surface area contributed by atoms with Crippen LogP contribution in [0.1, 0.15) is 0 Å². The molecule has 108 valence electrons. The monoisotopic (exact) mass is 285 g/mol. The van der Waals surface area contributed by atoms with Crippen LogP contribution in [0.2, 0.25) is 0 Å². The molecule has 3 rings (SSSR count). The molecule has 2 aromatic heterocycles. The maximum absolute atomic E-state index is 5.76. The van der Waals surface area contributed by atoms with Gasteiger partial charge in [-0.2, -0.15) is 10.1 Å². The van der Waals surface area contributed by atoms with Crippen molar-refractivity contribution in [3.8, 4) is 17.0 Å². The van der Waals surface area contributed by atoms with Crippen molar-refractivity contribution in [2.75, 3.05) is 26.1 Å². The summed E-state index contributed by atoms with van der Waals surface area (Å²) in [6.45, 7) is 0.976. The van der Waals surface area contributed by atoms with Crippen LogP contribution in [0.5, 0.6) is 5.75 Å². The number of rotatable bonds is 5. The van der Waals surface area contributed by atoms with E-state index < -0.39 is 0 Å².